The van der Waals surface area contributed by atoms with Crippen LogP contribution in [0.15, 0.2) is 103 Å². The molecule has 0 atom stereocenters. The van der Waals surface area contributed by atoms with Crippen LogP contribution in [0.1, 0.15) is 0 Å². The first-order chi connectivity index (χ1) is 18.8. The van der Waals surface area contributed by atoms with Gasteiger partial charge >= 0.3 is 0 Å². The Morgan fingerprint density at radius 2 is 1.37 bits per heavy atom. The molecule has 0 bridgehead atoms. The van der Waals surface area contributed by atoms with Crippen LogP contribution in [0, 0.1) is 0 Å². The van der Waals surface area contributed by atoms with E-state index in [1.54, 1.807) is 24.9 Å². The van der Waals surface area contributed by atoms with Gasteiger partial charge in [-0.15, -0.1) is 5.10 Å². The molecule has 0 aliphatic heterocycles. The lowest BCUT2D eigenvalue weighted by Gasteiger charge is -2.16. The van der Waals surface area contributed by atoms with Gasteiger partial charge in [0.1, 0.15) is 17.3 Å². The quantitative estimate of drug-likeness (QED) is 0.276. The highest BCUT2D eigenvalue weighted by molar-refractivity contribution is 5.93. The minimum Gasteiger partial charge on any atom is -0.497 e. The predicted octanol–water partition coefficient (Wildman–Crippen LogP) is 6.28. The van der Waals surface area contributed by atoms with Crippen molar-refractivity contribution in [1.82, 2.24) is 24.8 Å². The fourth-order valence-electron chi connectivity index (χ4n) is 4.48. The van der Waals surface area contributed by atoms with E-state index in [4.69, 9.17) is 19.6 Å². The van der Waals surface area contributed by atoms with Crippen molar-refractivity contribution in [3.63, 3.8) is 0 Å². The summed E-state index contributed by atoms with van der Waals surface area (Å²) < 4.78 is 13.2. The van der Waals surface area contributed by atoms with Crippen molar-refractivity contribution < 1.29 is 9.47 Å². The van der Waals surface area contributed by atoms with E-state index in [0.29, 0.717) is 23.2 Å². The standard InChI is InChI=1S/C30H24N6O2/c1-37-23-17-15-21(16-18-23)26-28(32-24-14-9-19-31-34-24)33-29-25(20-10-5-3-6-11-20)27(22-12-7-4-8-13-22)35-36(29)30(26)38-2/h3-19H,1-2H3,(H,32,33,34). The Morgan fingerprint density at radius 3 is 2.00 bits per heavy atom. The van der Waals surface area contributed by atoms with Gasteiger partial charge in [0.15, 0.2) is 11.5 Å². The number of ether oxygens (including phenoxy) is 2. The fraction of sp³-hybridized carbons (Fsp3) is 0.0667. The smallest absolute Gasteiger partial charge is 0.228 e. The average molecular weight is 501 g/mol. The lowest BCUT2D eigenvalue weighted by molar-refractivity contribution is 0.387. The summed E-state index contributed by atoms with van der Waals surface area (Å²) in [5.41, 5.74) is 5.94. The van der Waals surface area contributed by atoms with Crippen LogP contribution in [0.25, 0.3) is 39.2 Å². The van der Waals surface area contributed by atoms with Crippen molar-refractivity contribution in [3.05, 3.63) is 103 Å². The van der Waals surface area contributed by atoms with Crippen LogP contribution in [0.3, 0.4) is 0 Å². The molecule has 3 aromatic heterocycles. The molecule has 0 aliphatic rings. The van der Waals surface area contributed by atoms with Crippen molar-refractivity contribution in [3.8, 4) is 45.1 Å². The van der Waals surface area contributed by atoms with E-state index in [1.165, 1.54) is 0 Å². The third-order valence-electron chi connectivity index (χ3n) is 6.22. The number of methoxy groups -OCH3 is 2. The van der Waals surface area contributed by atoms with Gasteiger partial charge in [-0.2, -0.15) is 14.7 Å². The zero-order chi connectivity index (χ0) is 25.9. The molecule has 0 amide bonds. The minimum absolute atomic E-state index is 0.533. The lowest BCUT2D eigenvalue weighted by Crippen LogP contribution is -2.06. The maximum atomic E-state index is 6.04. The molecular weight excluding hydrogens is 476 g/mol. The molecule has 0 fully saturated rings. The Kier molecular flexibility index (Phi) is 6.11. The van der Waals surface area contributed by atoms with Gasteiger partial charge in [0.05, 0.1) is 25.3 Å². The number of nitrogens with one attached hydrogen (secondary N) is 1. The van der Waals surface area contributed by atoms with Crippen LogP contribution in [0.5, 0.6) is 11.6 Å². The summed E-state index contributed by atoms with van der Waals surface area (Å²) in [4.78, 5) is 5.13. The molecule has 6 aromatic rings. The number of hydrogen-bond donors (Lipinski definition) is 1. The van der Waals surface area contributed by atoms with Crippen molar-refractivity contribution in [2.24, 2.45) is 0 Å². The molecule has 0 saturated carbocycles. The van der Waals surface area contributed by atoms with Gasteiger partial charge in [0.25, 0.3) is 0 Å². The van der Waals surface area contributed by atoms with Gasteiger partial charge in [-0.3, -0.25) is 0 Å². The molecular formula is C30H24N6O2. The summed E-state index contributed by atoms with van der Waals surface area (Å²) in [6.45, 7) is 0. The summed E-state index contributed by atoms with van der Waals surface area (Å²) >= 11 is 0. The summed E-state index contributed by atoms with van der Waals surface area (Å²) in [5.74, 6) is 2.41. The molecule has 0 radical (unpaired) electrons. The summed E-state index contributed by atoms with van der Waals surface area (Å²) in [6.07, 6.45) is 1.63. The summed E-state index contributed by atoms with van der Waals surface area (Å²) in [6, 6.07) is 31.6. The first kappa shape index (κ1) is 23.2. The largest absolute Gasteiger partial charge is 0.497 e. The zero-order valence-electron chi connectivity index (χ0n) is 20.9. The second-order valence-corrected chi connectivity index (χ2v) is 8.50. The molecule has 6 rings (SSSR count). The van der Waals surface area contributed by atoms with Crippen LogP contribution in [0.4, 0.5) is 11.6 Å². The average Bonchev–Trinajstić information content (AvgIpc) is 3.37. The predicted molar refractivity (Wildman–Crippen MR) is 148 cm³/mol. The van der Waals surface area contributed by atoms with E-state index in [-0.39, 0.29) is 0 Å². The molecule has 0 spiro atoms. The molecule has 0 unspecified atom stereocenters. The van der Waals surface area contributed by atoms with E-state index in [9.17, 15) is 0 Å². The molecule has 0 aliphatic carbocycles. The van der Waals surface area contributed by atoms with E-state index in [2.05, 4.69) is 27.6 Å². The van der Waals surface area contributed by atoms with Gasteiger partial charge in [0.2, 0.25) is 5.88 Å². The van der Waals surface area contributed by atoms with E-state index >= 15 is 0 Å². The number of rotatable bonds is 7. The van der Waals surface area contributed by atoms with Crippen molar-refractivity contribution >= 4 is 17.3 Å². The second kappa shape index (κ2) is 10.0. The highest BCUT2D eigenvalue weighted by atomic mass is 16.5. The normalized spacial score (nSPS) is 10.9. The van der Waals surface area contributed by atoms with E-state index in [0.717, 1.165) is 39.3 Å². The molecule has 38 heavy (non-hydrogen) atoms. The van der Waals surface area contributed by atoms with Gasteiger partial charge in [0, 0.05) is 11.8 Å². The molecule has 0 saturated heterocycles. The number of nitrogens with zero attached hydrogens (tertiary/aromatic N) is 5. The molecule has 8 nitrogen and oxygen atoms in total. The summed E-state index contributed by atoms with van der Waals surface area (Å²) in [5, 5.41) is 16.6. The van der Waals surface area contributed by atoms with Crippen LogP contribution in [-0.2, 0) is 0 Å². The van der Waals surface area contributed by atoms with Gasteiger partial charge in [-0.05, 0) is 35.4 Å². The molecule has 3 aromatic carbocycles. The summed E-state index contributed by atoms with van der Waals surface area (Å²) in [7, 11) is 3.28. The van der Waals surface area contributed by atoms with Crippen molar-refractivity contribution in [1.29, 1.82) is 0 Å². The Bertz CT molecular complexity index is 1690. The SMILES string of the molecule is COc1ccc(-c2c(Nc3cccnn3)nc3c(-c4ccccc4)c(-c4ccccc4)nn3c2OC)cc1. The first-order valence-corrected chi connectivity index (χ1v) is 12.1. The van der Waals surface area contributed by atoms with Crippen LogP contribution in [0.2, 0.25) is 0 Å². The third-order valence-corrected chi connectivity index (χ3v) is 6.22. The Hall–Kier alpha value is -5.24. The first-order valence-electron chi connectivity index (χ1n) is 12.1. The maximum absolute atomic E-state index is 6.04. The minimum atomic E-state index is 0.533. The molecule has 8 heteroatoms. The van der Waals surface area contributed by atoms with Gasteiger partial charge < -0.3 is 14.8 Å². The monoisotopic (exact) mass is 500 g/mol. The number of fused-ring (bicyclic) bond motifs is 1. The Morgan fingerprint density at radius 1 is 0.684 bits per heavy atom. The highest BCUT2D eigenvalue weighted by Crippen LogP contribution is 2.42. The Balaban J connectivity index is 1.69. The van der Waals surface area contributed by atoms with Crippen LogP contribution < -0.4 is 14.8 Å². The van der Waals surface area contributed by atoms with Crippen molar-refractivity contribution in [2.75, 3.05) is 19.5 Å². The second-order valence-electron chi connectivity index (χ2n) is 8.50. The number of anilines is 2. The van der Waals surface area contributed by atoms with Gasteiger partial charge in [-0.1, -0.05) is 72.8 Å². The van der Waals surface area contributed by atoms with Crippen molar-refractivity contribution in [2.45, 2.75) is 0 Å². The molecule has 1 N–H and O–H groups in total. The lowest BCUT2D eigenvalue weighted by atomic mass is 10.0. The van der Waals surface area contributed by atoms with Crippen LogP contribution >= 0.6 is 0 Å². The molecule has 186 valence electrons. The number of hydrogen-bond acceptors (Lipinski definition) is 7. The van der Waals surface area contributed by atoms with Crippen LogP contribution in [-0.4, -0.2) is 39.0 Å². The van der Waals surface area contributed by atoms with E-state index < -0.39 is 0 Å². The Labute approximate surface area is 219 Å². The fourth-order valence-corrected chi connectivity index (χ4v) is 4.48. The highest BCUT2D eigenvalue weighted by Gasteiger charge is 2.25. The zero-order valence-corrected chi connectivity index (χ0v) is 20.9. The number of aromatic nitrogens is 5. The molecule has 3 heterocycles. The van der Waals surface area contributed by atoms with E-state index in [1.807, 2.05) is 84.9 Å². The number of benzene rings is 3. The van der Waals surface area contributed by atoms with Gasteiger partial charge in [-0.25, -0.2) is 4.98 Å². The third kappa shape index (κ3) is 4.18. The topological polar surface area (TPSA) is 86.5 Å². The maximum Gasteiger partial charge on any atom is 0.228 e.